The highest BCUT2D eigenvalue weighted by Gasteiger charge is 2.27. The highest BCUT2D eigenvalue weighted by atomic mass is 79.9. The summed E-state index contributed by atoms with van der Waals surface area (Å²) in [4.78, 5) is 27.2. The number of anilines is 1. The van der Waals surface area contributed by atoms with Crippen molar-refractivity contribution in [3.05, 3.63) is 53.1 Å². The molecule has 0 atom stereocenters. The van der Waals surface area contributed by atoms with Crippen LogP contribution in [0.3, 0.4) is 0 Å². The van der Waals surface area contributed by atoms with Crippen molar-refractivity contribution in [1.82, 2.24) is 20.1 Å². The third kappa shape index (κ3) is 4.36. The van der Waals surface area contributed by atoms with Crippen LogP contribution in [0.25, 0.3) is 11.4 Å². The van der Waals surface area contributed by atoms with Crippen molar-refractivity contribution >= 4 is 27.8 Å². The summed E-state index contributed by atoms with van der Waals surface area (Å²) in [5.41, 5.74) is 0.825. The zero-order chi connectivity index (χ0) is 19.3. The predicted octanol–water partition coefficient (Wildman–Crippen LogP) is 3.25. The van der Waals surface area contributed by atoms with E-state index in [2.05, 4.69) is 40.9 Å². The first-order valence-corrected chi connectivity index (χ1v) is 9.75. The van der Waals surface area contributed by atoms with Crippen LogP contribution in [0.1, 0.15) is 18.7 Å². The fourth-order valence-corrected chi connectivity index (χ4v) is 3.48. The van der Waals surface area contributed by atoms with Gasteiger partial charge in [-0.2, -0.15) is 4.98 Å². The average Bonchev–Trinajstić information content (AvgIpc) is 3.22. The number of aromatic nitrogens is 4. The molecule has 0 radical (unpaired) electrons. The van der Waals surface area contributed by atoms with Gasteiger partial charge in [-0.3, -0.25) is 4.79 Å². The minimum absolute atomic E-state index is 0.0259. The molecule has 1 aliphatic rings. The van der Waals surface area contributed by atoms with Gasteiger partial charge >= 0.3 is 5.97 Å². The van der Waals surface area contributed by atoms with Gasteiger partial charge in [0.15, 0.2) is 6.61 Å². The lowest BCUT2D eigenvalue weighted by Gasteiger charge is -2.30. The lowest BCUT2D eigenvalue weighted by atomic mass is 9.97. The molecule has 3 heterocycles. The number of benzene rings is 1. The van der Waals surface area contributed by atoms with E-state index in [0.717, 1.165) is 23.1 Å². The Morgan fingerprint density at radius 1 is 1.21 bits per heavy atom. The standard InChI is InChI=1S/C19H18BrN5O3/c20-15-4-1-3-14(11-15)17-23-16(28-24-17)12-27-18(26)13-5-9-25(10-6-13)19-21-7-2-8-22-19/h1-4,7-8,11,13H,5-6,9-10,12H2. The number of esters is 1. The first kappa shape index (κ1) is 18.5. The van der Waals surface area contributed by atoms with E-state index in [4.69, 9.17) is 9.26 Å². The summed E-state index contributed by atoms with van der Waals surface area (Å²) in [5, 5.41) is 3.94. The summed E-state index contributed by atoms with van der Waals surface area (Å²) in [5.74, 6) is 1.05. The van der Waals surface area contributed by atoms with E-state index in [0.29, 0.717) is 24.6 Å². The van der Waals surface area contributed by atoms with E-state index in [1.165, 1.54) is 0 Å². The summed E-state index contributed by atoms with van der Waals surface area (Å²) < 4.78 is 11.5. The Morgan fingerprint density at radius 2 is 2.00 bits per heavy atom. The number of carbonyl (C=O) groups excluding carboxylic acids is 1. The largest absolute Gasteiger partial charge is 0.455 e. The lowest BCUT2D eigenvalue weighted by molar-refractivity contribution is -0.151. The number of hydrogen-bond acceptors (Lipinski definition) is 8. The molecule has 0 amide bonds. The molecule has 2 aromatic heterocycles. The van der Waals surface area contributed by atoms with E-state index in [-0.39, 0.29) is 24.4 Å². The maximum absolute atomic E-state index is 12.4. The molecule has 0 unspecified atom stereocenters. The Morgan fingerprint density at radius 3 is 2.75 bits per heavy atom. The quantitative estimate of drug-likeness (QED) is 0.554. The summed E-state index contributed by atoms with van der Waals surface area (Å²) >= 11 is 3.41. The van der Waals surface area contributed by atoms with Crippen LogP contribution in [0, 0.1) is 5.92 Å². The first-order valence-electron chi connectivity index (χ1n) is 8.96. The minimum atomic E-state index is -0.240. The number of carbonyl (C=O) groups is 1. The van der Waals surface area contributed by atoms with Gasteiger partial charge in [0.05, 0.1) is 5.92 Å². The SMILES string of the molecule is O=C(OCc1nc(-c2cccc(Br)c2)no1)C1CCN(c2ncccn2)CC1. The fraction of sp³-hybridized carbons (Fsp3) is 0.316. The van der Waals surface area contributed by atoms with Gasteiger partial charge in [0.25, 0.3) is 5.89 Å². The molecule has 3 aromatic rings. The topological polar surface area (TPSA) is 94.2 Å². The molecule has 9 heteroatoms. The van der Waals surface area contributed by atoms with Crippen LogP contribution in [-0.4, -0.2) is 39.2 Å². The van der Waals surface area contributed by atoms with Crippen molar-refractivity contribution in [2.45, 2.75) is 19.4 Å². The zero-order valence-corrected chi connectivity index (χ0v) is 16.6. The van der Waals surface area contributed by atoms with Crippen LogP contribution < -0.4 is 4.90 Å². The first-order chi connectivity index (χ1) is 13.7. The highest BCUT2D eigenvalue weighted by Crippen LogP contribution is 2.23. The maximum Gasteiger partial charge on any atom is 0.309 e. The smallest absolute Gasteiger partial charge is 0.309 e. The number of rotatable bonds is 5. The molecule has 0 N–H and O–H groups in total. The van der Waals surface area contributed by atoms with Gasteiger partial charge in [0.1, 0.15) is 0 Å². The third-order valence-electron chi connectivity index (χ3n) is 4.55. The summed E-state index contributed by atoms with van der Waals surface area (Å²) in [7, 11) is 0. The monoisotopic (exact) mass is 443 g/mol. The van der Waals surface area contributed by atoms with E-state index >= 15 is 0 Å². The molecule has 1 aliphatic heterocycles. The van der Waals surface area contributed by atoms with Crippen LogP contribution in [0.15, 0.2) is 51.7 Å². The second kappa shape index (κ2) is 8.47. The Balaban J connectivity index is 1.28. The number of piperidine rings is 1. The number of hydrogen-bond donors (Lipinski definition) is 0. The van der Waals surface area contributed by atoms with Crippen LogP contribution in [-0.2, 0) is 16.1 Å². The number of halogens is 1. The minimum Gasteiger partial charge on any atom is -0.455 e. The van der Waals surface area contributed by atoms with Crippen molar-refractivity contribution in [2.24, 2.45) is 5.92 Å². The third-order valence-corrected chi connectivity index (χ3v) is 5.05. The van der Waals surface area contributed by atoms with Gasteiger partial charge in [-0.15, -0.1) is 0 Å². The van der Waals surface area contributed by atoms with E-state index in [1.807, 2.05) is 24.3 Å². The molecule has 1 fully saturated rings. The summed E-state index contributed by atoms with van der Waals surface area (Å²) in [6.45, 7) is 1.41. The van der Waals surface area contributed by atoms with E-state index in [9.17, 15) is 4.79 Å². The van der Waals surface area contributed by atoms with Crippen LogP contribution in [0.2, 0.25) is 0 Å². The van der Waals surface area contributed by atoms with Crippen molar-refractivity contribution in [2.75, 3.05) is 18.0 Å². The molecule has 28 heavy (non-hydrogen) atoms. The molecule has 1 saturated heterocycles. The predicted molar refractivity (Wildman–Crippen MR) is 104 cm³/mol. The molecular formula is C19H18BrN5O3. The van der Waals surface area contributed by atoms with Gasteiger partial charge in [-0.1, -0.05) is 33.2 Å². The lowest BCUT2D eigenvalue weighted by Crippen LogP contribution is -2.37. The molecule has 0 spiro atoms. The Hall–Kier alpha value is -2.81. The second-order valence-electron chi connectivity index (χ2n) is 6.44. The molecule has 0 saturated carbocycles. The number of nitrogens with zero attached hydrogens (tertiary/aromatic N) is 5. The van der Waals surface area contributed by atoms with Crippen molar-refractivity contribution in [1.29, 1.82) is 0 Å². The Kier molecular flexibility index (Phi) is 5.61. The zero-order valence-electron chi connectivity index (χ0n) is 15.0. The normalized spacial score (nSPS) is 14.8. The van der Waals surface area contributed by atoms with Gasteiger partial charge in [0, 0.05) is 35.5 Å². The van der Waals surface area contributed by atoms with Gasteiger partial charge in [0.2, 0.25) is 11.8 Å². The van der Waals surface area contributed by atoms with Crippen LogP contribution in [0.4, 0.5) is 5.95 Å². The van der Waals surface area contributed by atoms with Crippen molar-refractivity contribution in [3.63, 3.8) is 0 Å². The number of ether oxygens (including phenoxy) is 1. The fourth-order valence-electron chi connectivity index (χ4n) is 3.08. The van der Waals surface area contributed by atoms with Gasteiger partial charge < -0.3 is 14.2 Å². The molecule has 0 bridgehead atoms. The molecule has 4 rings (SSSR count). The van der Waals surface area contributed by atoms with Crippen LogP contribution in [0.5, 0.6) is 0 Å². The molecular weight excluding hydrogens is 426 g/mol. The van der Waals surface area contributed by atoms with E-state index in [1.54, 1.807) is 18.5 Å². The average molecular weight is 444 g/mol. The van der Waals surface area contributed by atoms with Gasteiger partial charge in [-0.25, -0.2) is 9.97 Å². The highest BCUT2D eigenvalue weighted by molar-refractivity contribution is 9.10. The molecule has 0 aliphatic carbocycles. The van der Waals surface area contributed by atoms with Gasteiger partial charge in [-0.05, 0) is 31.0 Å². The second-order valence-corrected chi connectivity index (χ2v) is 7.36. The Labute approximate surface area is 170 Å². The van der Waals surface area contributed by atoms with E-state index < -0.39 is 0 Å². The van der Waals surface area contributed by atoms with Crippen LogP contribution >= 0.6 is 15.9 Å². The molecule has 144 valence electrons. The van der Waals surface area contributed by atoms with Crippen molar-refractivity contribution in [3.8, 4) is 11.4 Å². The molecule has 1 aromatic carbocycles. The summed E-state index contributed by atoms with van der Waals surface area (Å²) in [6.07, 6.45) is 4.83. The Bertz CT molecular complexity index is 942. The van der Waals surface area contributed by atoms with Crippen molar-refractivity contribution < 1.29 is 14.1 Å². The molecule has 8 nitrogen and oxygen atoms in total. The maximum atomic E-state index is 12.4. The summed E-state index contributed by atoms with van der Waals surface area (Å²) in [6, 6.07) is 9.37.